The number of aromatic amines is 1. The Morgan fingerprint density at radius 3 is 2.62 bits per heavy atom. The van der Waals surface area contributed by atoms with Crippen LogP contribution in [0.4, 0.5) is 29.0 Å². The molecule has 0 amide bonds. The SMILES string of the molecule is c1ccc(N2CCOCC2)c(Nc2nc(Nc3cc(C4CC4)[nH]n3)c3ccccc3n2)c1. The number of hydrogen-bond donors (Lipinski definition) is 3. The average Bonchev–Trinajstić information content (AvgIpc) is 3.59. The van der Waals surface area contributed by atoms with Gasteiger partial charge < -0.3 is 20.3 Å². The van der Waals surface area contributed by atoms with E-state index >= 15 is 0 Å². The highest BCUT2D eigenvalue weighted by atomic mass is 16.5. The fraction of sp³-hybridized carbons (Fsp3) is 0.292. The Bertz CT molecular complexity index is 1240. The van der Waals surface area contributed by atoms with Crippen molar-refractivity contribution in [1.29, 1.82) is 0 Å². The maximum atomic E-state index is 5.52. The van der Waals surface area contributed by atoms with Crippen molar-refractivity contribution in [2.75, 3.05) is 41.8 Å². The van der Waals surface area contributed by atoms with Gasteiger partial charge in [0.05, 0.1) is 30.1 Å². The lowest BCUT2D eigenvalue weighted by atomic mass is 10.2. The number of H-pyrrole nitrogens is 1. The number of rotatable bonds is 6. The van der Waals surface area contributed by atoms with Crippen LogP contribution in [0.2, 0.25) is 0 Å². The van der Waals surface area contributed by atoms with Crippen molar-refractivity contribution in [3.8, 4) is 0 Å². The Kier molecular flexibility index (Phi) is 4.84. The number of morpholine rings is 1. The summed E-state index contributed by atoms with van der Waals surface area (Å²) >= 11 is 0. The van der Waals surface area contributed by atoms with E-state index in [0.29, 0.717) is 11.9 Å². The molecule has 3 N–H and O–H groups in total. The summed E-state index contributed by atoms with van der Waals surface area (Å²) in [7, 11) is 0. The third kappa shape index (κ3) is 3.85. The molecule has 0 spiro atoms. The Morgan fingerprint density at radius 2 is 1.75 bits per heavy atom. The van der Waals surface area contributed by atoms with Crippen LogP contribution in [0, 0.1) is 0 Å². The zero-order valence-electron chi connectivity index (χ0n) is 17.7. The molecular weight excluding hydrogens is 402 g/mol. The van der Waals surface area contributed by atoms with E-state index in [0.717, 1.165) is 60.2 Å². The van der Waals surface area contributed by atoms with Crippen LogP contribution in [-0.2, 0) is 4.74 Å². The number of fused-ring (bicyclic) bond motifs is 1. The average molecular weight is 428 g/mol. The summed E-state index contributed by atoms with van der Waals surface area (Å²) < 4.78 is 5.52. The molecule has 2 aliphatic rings. The van der Waals surface area contributed by atoms with E-state index < -0.39 is 0 Å². The molecule has 8 heteroatoms. The van der Waals surface area contributed by atoms with E-state index in [1.54, 1.807) is 0 Å². The van der Waals surface area contributed by atoms with Crippen molar-refractivity contribution in [1.82, 2.24) is 20.2 Å². The van der Waals surface area contributed by atoms with Gasteiger partial charge in [-0.3, -0.25) is 5.10 Å². The highest BCUT2D eigenvalue weighted by Gasteiger charge is 2.25. The van der Waals surface area contributed by atoms with Gasteiger partial charge in [0.2, 0.25) is 5.95 Å². The lowest BCUT2D eigenvalue weighted by Gasteiger charge is -2.30. The van der Waals surface area contributed by atoms with E-state index in [1.807, 2.05) is 30.3 Å². The van der Waals surface area contributed by atoms with Gasteiger partial charge in [0.15, 0.2) is 5.82 Å². The van der Waals surface area contributed by atoms with Crippen molar-refractivity contribution < 1.29 is 4.74 Å². The second-order valence-electron chi connectivity index (χ2n) is 8.26. The lowest BCUT2D eigenvalue weighted by molar-refractivity contribution is 0.123. The molecule has 32 heavy (non-hydrogen) atoms. The summed E-state index contributed by atoms with van der Waals surface area (Å²) in [6, 6.07) is 18.4. The quantitative estimate of drug-likeness (QED) is 0.416. The van der Waals surface area contributed by atoms with Gasteiger partial charge in [0.1, 0.15) is 5.82 Å². The Balaban J connectivity index is 1.33. The van der Waals surface area contributed by atoms with Crippen LogP contribution in [0.5, 0.6) is 0 Å². The van der Waals surface area contributed by atoms with Crippen molar-refractivity contribution >= 4 is 39.9 Å². The topological polar surface area (TPSA) is 91.0 Å². The fourth-order valence-corrected chi connectivity index (χ4v) is 4.13. The summed E-state index contributed by atoms with van der Waals surface area (Å²) in [6.07, 6.45) is 2.46. The van der Waals surface area contributed by atoms with Gasteiger partial charge >= 0.3 is 0 Å². The molecule has 2 aromatic carbocycles. The molecule has 0 atom stereocenters. The largest absolute Gasteiger partial charge is 0.378 e. The van der Waals surface area contributed by atoms with E-state index in [1.165, 1.54) is 18.5 Å². The van der Waals surface area contributed by atoms with Gasteiger partial charge in [-0.05, 0) is 37.1 Å². The van der Waals surface area contributed by atoms with Crippen LogP contribution in [0.25, 0.3) is 10.9 Å². The van der Waals surface area contributed by atoms with Gasteiger partial charge in [-0.2, -0.15) is 10.1 Å². The summed E-state index contributed by atoms with van der Waals surface area (Å²) in [5, 5.41) is 15.4. The zero-order valence-corrected chi connectivity index (χ0v) is 17.7. The first-order valence-electron chi connectivity index (χ1n) is 11.1. The first kappa shape index (κ1) is 19.1. The molecule has 1 saturated carbocycles. The zero-order chi connectivity index (χ0) is 21.3. The molecule has 0 radical (unpaired) electrons. The van der Waals surface area contributed by atoms with Crippen molar-refractivity contribution in [2.24, 2.45) is 0 Å². The Labute approximate surface area is 186 Å². The monoisotopic (exact) mass is 427 g/mol. The summed E-state index contributed by atoms with van der Waals surface area (Å²) in [4.78, 5) is 11.9. The number of anilines is 5. The number of hydrogen-bond acceptors (Lipinski definition) is 7. The number of ether oxygens (including phenoxy) is 1. The normalized spacial score (nSPS) is 16.3. The van der Waals surface area contributed by atoms with E-state index in [9.17, 15) is 0 Å². The van der Waals surface area contributed by atoms with Gasteiger partial charge in [0.25, 0.3) is 0 Å². The second-order valence-corrected chi connectivity index (χ2v) is 8.26. The first-order chi connectivity index (χ1) is 15.8. The van der Waals surface area contributed by atoms with Crippen molar-refractivity contribution in [3.05, 3.63) is 60.3 Å². The number of aromatic nitrogens is 4. The van der Waals surface area contributed by atoms with Gasteiger partial charge in [-0.15, -0.1) is 0 Å². The third-order valence-corrected chi connectivity index (χ3v) is 5.97. The van der Waals surface area contributed by atoms with Crippen LogP contribution in [0.15, 0.2) is 54.6 Å². The molecule has 8 nitrogen and oxygen atoms in total. The molecule has 1 aliphatic carbocycles. The number of benzene rings is 2. The molecule has 1 saturated heterocycles. The summed E-state index contributed by atoms with van der Waals surface area (Å²) in [5.41, 5.74) is 4.16. The highest BCUT2D eigenvalue weighted by Crippen LogP contribution is 2.40. The smallest absolute Gasteiger partial charge is 0.229 e. The second kappa shape index (κ2) is 8.12. The van der Waals surface area contributed by atoms with Crippen LogP contribution in [-0.4, -0.2) is 46.5 Å². The number of para-hydroxylation sites is 3. The first-order valence-corrected chi connectivity index (χ1v) is 11.1. The highest BCUT2D eigenvalue weighted by molar-refractivity contribution is 5.92. The maximum absolute atomic E-state index is 5.52. The maximum Gasteiger partial charge on any atom is 0.229 e. The molecule has 0 bridgehead atoms. The predicted molar refractivity (Wildman–Crippen MR) is 126 cm³/mol. The predicted octanol–water partition coefficient (Wildman–Crippen LogP) is 4.55. The molecule has 1 aliphatic heterocycles. The minimum atomic E-state index is 0.546. The van der Waals surface area contributed by atoms with Crippen LogP contribution in [0.1, 0.15) is 24.5 Å². The summed E-state index contributed by atoms with van der Waals surface area (Å²) in [6.45, 7) is 3.21. The molecule has 162 valence electrons. The van der Waals surface area contributed by atoms with Crippen molar-refractivity contribution in [3.63, 3.8) is 0 Å². The van der Waals surface area contributed by atoms with Crippen LogP contribution in [0.3, 0.4) is 0 Å². The third-order valence-electron chi connectivity index (χ3n) is 5.97. The Morgan fingerprint density at radius 1 is 0.938 bits per heavy atom. The van der Waals surface area contributed by atoms with Gasteiger partial charge in [0, 0.05) is 36.2 Å². The van der Waals surface area contributed by atoms with Gasteiger partial charge in [-0.25, -0.2) is 4.98 Å². The molecule has 3 heterocycles. The van der Waals surface area contributed by atoms with E-state index in [-0.39, 0.29) is 0 Å². The van der Waals surface area contributed by atoms with Crippen LogP contribution < -0.4 is 15.5 Å². The van der Waals surface area contributed by atoms with Crippen LogP contribution >= 0.6 is 0 Å². The van der Waals surface area contributed by atoms with E-state index in [4.69, 9.17) is 14.7 Å². The minimum Gasteiger partial charge on any atom is -0.378 e. The minimum absolute atomic E-state index is 0.546. The molecule has 2 fully saturated rings. The molecule has 4 aromatic rings. The van der Waals surface area contributed by atoms with E-state index in [2.05, 4.69) is 50.0 Å². The molecule has 2 aromatic heterocycles. The summed E-state index contributed by atoms with van der Waals surface area (Å²) in [5.74, 6) is 2.67. The fourth-order valence-electron chi connectivity index (χ4n) is 4.13. The molecule has 0 unspecified atom stereocenters. The lowest BCUT2D eigenvalue weighted by Crippen LogP contribution is -2.36. The number of nitrogens with zero attached hydrogens (tertiary/aromatic N) is 4. The standard InChI is InChI=1S/C24H25N7O/c1-2-6-18-17(5-1)23(27-22-15-20(29-30-22)16-9-10-16)28-24(25-18)26-19-7-3-4-8-21(19)31-11-13-32-14-12-31/h1-8,15-16H,9-14H2,(H3,25,26,27,28,29,30). The Hall–Kier alpha value is -3.65. The van der Waals surface area contributed by atoms with Gasteiger partial charge in [-0.1, -0.05) is 24.3 Å². The molecule has 6 rings (SSSR count). The van der Waals surface area contributed by atoms with Crippen molar-refractivity contribution in [2.45, 2.75) is 18.8 Å². The number of nitrogens with one attached hydrogen (secondary N) is 3. The molecular formula is C24H25N7O.